The highest BCUT2D eigenvalue weighted by Crippen LogP contribution is 2.32. The lowest BCUT2D eigenvalue weighted by atomic mass is 10.1. The van der Waals surface area contributed by atoms with E-state index in [0.29, 0.717) is 18.4 Å². The standard InChI is InChI=1S/C15H22N3O7P/c1-8(2)24-14(20)9(3)18-26(22)23-7-10-4-5-12(25-10)11-6-16-15(21)17-13(11)19/h6,8-10,12H,4-5,7H2,1-3H3,(H2-,16,17,18,19,21,22)/p+1/t9-,10?,12?/m1/s1. The van der Waals surface area contributed by atoms with Crippen LogP contribution in [0.1, 0.15) is 45.3 Å². The van der Waals surface area contributed by atoms with Gasteiger partial charge in [0, 0.05) is 6.20 Å². The maximum Gasteiger partial charge on any atom is 0.613 e. The molecule has 1 saturated heterocycles. The van der Waals surface area contributed by atoms with Gasteiger partial charge in [0.1, 0.15) is 12.6 Å². The first-order chi connectivity index (χ1) is 12.3. The molecule has 0 saturated carbocycles. The number of carbonyl (C=O) groups excluding carboxylic acids is 1. The number of ether oxygens (including phenoxy) is 2. The zero-order valence-electron chi connectivity index (χ0n) is 14.8. The average molecular weight is 388 g/mol. The highest BCUT2D eigenvalue weighted by atomic mass is 31.1. The Bertz CT molecular complexity index is 760. The molecule has 0 spiro atoms. The van der Waals surface area contributed by atoms with Crippen LogP contribution in [-0.2, 0) is 23.4 Å². The molecule has 1 fully saturated rings. The normalized spacial score (nSPS) is 21.6. The molecule has 2 heterocycles. The van der Waals surface area contributed by atoms with Crippen molar-refractivity contribution in [1.29, 1.82) is 0 Å². The monoisotopic (exact) mass is 388 g/mol. The van der Waals surface area contributed by atoms with Crippen molar-refractivity contribution < 1.29 is 23.4 Å². The number of hydrogen-bond acceptors (Lipinski definition) is 7. The summed E-state index contributed by atoms with van der Waals surface area (Å²) in [4.78, 5) is 39.0. The molecule has 2 rings (SSSR count). The highest BCUT2D eigenvalue weighted by Gasteiger charge is 2.33. The summed E-state index contributed by atoms with van der Waals surface area (Å²) in [6, 6.07) is -0.766. The van der Waals surface area contributed by atoms with E-state index in [1.165, 1.54) is 13.1 Å². The minimum atomic E-state index is -2.27. The molecule has 1 aromatic rings. The molecule has 0 aliphatic carbocycles. The summed E-state index contributed by atoms with van der Waals surface area (Å²) >= 11 is 0. The molecule has 11 heteroatoms. The maximum absolute atomic E-state index is 11.9. The minimum Gasteiger partial charge on any atom is -0.462 e. The van der Waals surface area contributed by atoms with E-state index in [1.807, 2.05) is 0 Å². The Morgan fingerprint density at radius 2 is 2.12 bits per heavy atom. The molecule has 1 aliphatic heterocycles. The SMILES string of the molecule is CC(C)OC(=O)[C@@H](C)N[P+](=O)OCC1CCC(c2c[nH]c(=O)[nH]c2=O)O1. The number of esters is 1. The quantitative estimate of drug-likeness (QED) is 0.441. The van der Waals surface area contributed by atoms with E-state index >= 15 is 0 Å². The molecule has 26 heavy (non-hydrogen) atoms. The van der Waals surface area contributed by atoms with Crippen molar-refractivity contribution >= 4 is 14.1 Å². The van der Waals surface area contributed by atoms with Crippen LogP contribution in [-0.4, -0.2) is 40.8 Å². The summed E-state index contributed by atoms with van der Waals surface area (Å²) in [7, 11) is -2.27. The van der Waals surface area contributed by atoms with E-state index in [4.69, 9.17) is 14.0 Å². The summed E-state index contributed by atoms with van der Waals surface area (Å²) in [6.07, 6.45) is 1.45. The predicted octanol–water partition coefficient (Wildman–Crippen LogP) is 0.887. The topological polar surface area (TPSA) is 140 Å². The molecule has 0 amide bonds. The molecular weight excluding hydrogens is 365 g/mol. The van der Waals surface area contributed by atoms with Crippen molar-refractivity contribution in [3.63, 3.8) is 0 Å². The van der Waals surface area contributed by atoms with Gasteiger partial charge in [-0.15, -0.1) is 4.52 Å². The lowest BCUT2D eigenvalue weighted by molar-refractivity contribution is -0.149. The van der Waals surface area contributed by atoms with Gasteiger partial charge < -0.3 is 14.5 Å². The average Bonchev–Trinajstić information content (AvgIpc) is 3.01. The molecular formula is C15H23N3O7P+. The molecule has 3 unspecified atom stereocenters. The van der Waals surface area contributed by atoms with Crippen molar-refractivity contribution in [2.75, 3.05) is 6.61 Å². The number of aromatic nitrogens is 2. The molecule has 1 aromatic heterocycles. The largest absolute Gasteiger partial charge is 0.613 e. The molecule has 1 aliphatic rings. The van der Waals surface area contributed by atoms with Crippen LogP contribution >= 0.6 is 8.18 Å². The zero-order valence-corrected chi connectivity index (χ0v) is 15.7. The van der Waals surface area contributed by atoms with Crippen molar-refractivity contribution in [1.82, 2.24) is 15.1 Å². The van der Waals surface area contributed by atoms with Crippen LogP contribution in [0.4, 0.5) is 0 Å². The van der Waals surface area contributed by atoms with Crippen LogP contribution in [0.25, 0.3) is 0 Å². The van der Waals surface area contributed by atoms with Crippen LogP contribution in [0, 0.1) is 0 Å². The van der Waals surface area contributed by atoms with E-state index in [2.05, 4.69) is 15.1 Å². The second-order valence-corrected chi connectivity index (χ2v) is 7.27. The van der Waals surface area contributed by atoms with Crippen LogP contribution in [0.2, 0.25) is 0 Å². The fourth-order valence-corrected chi connectivity index (χ4v) is 3.25. The van der Waals surface area contributed by atoms with Gasteiger partial charge in [-0.05, 0) is 38.2 Å². The van der Waals surface area contributed by atoms with Gasteiger partial charge >= 0.3 is 19.8 Å². The number of nitrogens with one attached hydrogen (secondary N) is 3. The van der Waals surface area contributed by atoms with Gasteiger partial charge in [-0.3, -0.25) is 14.6 Å². The lowest BCUT2D eigenvalue weighted by Gasteiger charge is -2.11. The van der Waals surface area contributed by atoms with E-state index < -0.39 is 37.5 Å². The molecule has 144 valence electrons. The van der Waals surface area contributed by atoms with Gasteiger partial charge in [-0.25, -0.2) is 4.79 Å². The third-order valence-corrected chi connectivity index (χ3v) is 4.67. The van der Waals surface area contributed by atoms with Crippen molar-refractivity contribution in [2.45, 2.75) is 58.0 Å². The van der Waals surface area contributed by atoms with Crippen molar-refractivity contribution in [3.8, 4) is 0 Å². The van der Waals surface area contributed by atoms with E-state index in [9.17, 15) is 18.9 Å². The Morgan fingerprint density at radius 3 is 2.77 bits per heavy atom. The summed E-state index contributed by atoms with van der Waals surface area (Å²) in [5.74, 6) is -0.513. The smallest absolute Gasteiger partial charge is 0.462 e. The Morgan fingerprint density at radius 1 is 1.38 bits per heavy atom. The van der Waals surface area contributed by atoms with Crippen LogP contribution in [0.5, 0.6) is 0 Å². The first-order valence-electron chi connectivity index (χ1n) is 8.30. The van der Waals surface area contributed by atoms with Crippen LogP contribution < -0.4 is 16.3 Å². The summed E-state index contributed by atoms with van der Waals surface area (Å²) in [5.41, 5.74) is -0.741. The third-order valence-electron chi connectivity index (χ3n) is 3.68. The van der Waals surface area contributed by atoms with Crippen LogP contribution in [0.15, 0.2) is 15.8 Å². The minimum absolute atomic E-state index is 0.0475. The summed E-state index contributed by atoms with van der Waals surface area (Å²) in [6.45, 7) is 5.03. The van der Waals surface area contributed by atoms with Gasteiger partial charge in [-0.1, -0.05) is 5.09 Å². The molecule has 0 radical (unpaired) electrons. The number of carbonyl (C=O) groups is 1. The second-order valence-electron chi connectivity index (χ2n) is 6.24. The van der Waals surface area contributed by atoms with Gasteiger partial charge in [0.05, 0.1) is 23.9 Å². The van der Waals surface area contributed by atoms with E-state index in [1.54, 1.807) is 13.8 Å². The fraction of sp³-hybridized carbons (Fsp3) is 0.667. The molecule has 3 N–H and O–H groups in total. The van der Waals surface area contributed by atoms with Gasteiger partial charge in [0.15, 0.2) is 0 Å². The Balaban J connectivity index is 1.78. The van der Waals surface area contributed by atoms with Crippen molar-refractivity contribution in [2.24, 2.45) is 0 Å². The molecule has 4 atom stereocenters. The number of rotatable bonds is 8. The summed E-state index contributed by atoms with van der Waals surface area (Å²) in [5, 5.41) is 2.53. The second kappa shape index (κ2) is 9.18. The first-order valence-corrected chi connectivity index (χ1v) is 9.48. The predicted molar refractivity (Wildman–Crippen MR) is 91.9 cm³/mol. The Hall–Kier alpha value is -1.87. The number of aromatic amines is 2. The van der Waals surface area contributed by atoms with Crippen LogP contribution in [0.3, 0.4) is 0 Å². The molecule has 0 aromatic carbocycles. The van der Waals surface area contributed by atoms with Gasteiger partial charge in [0.25, 0.3) is 5.56 Å². The third kappa shape index (κ3) is 5.84. The summed E-state index contributed by atoms with van der Waals surface area (Å²) < 4.78 is 27.8. The van der Waals surface area contributed by atoms with Crippen molar-refractivity contribution in [3.05, 3.63) is 32.6 Å². The number of hydrogen-bond donors (Lipinski definition) is 3. The lowest BCUT2D eigenvalue weighted by Crippen LogP contribution is -2.33. The van der Waals surface area contributed by atoms with Gasteiger partial charge in [0.2, 0.25) is 0 Å². The Kier molecular flexibility index (Phi) is 7.22. The van der Waals surface area contributed by atoms with E-state index in [-0.39, 0.29) is 18.8 Å². The zero-order chi connectivity index (χ0) is 19.3. The molecule has 0 bridgehead atoms. The molecule has 10 nitrogen and oxygen atoms in total. The van der Waals surface area contributed by atoms with E-state index in [0.717, 1.165) is 0 Å². The Labute approximate surface area is 150 Å². The number of H-pyrrole nitrogens is 2. The first kappa shape index (κ1) is 20.4. The maximum atomic E-state index is 11.9. The highest BCUT2D eigenvalue weighted by molar-refractivity contribution is 7.36. The van der Waals surface area contributed by atoms with Gasteiger partial charge in [-0.2, -0.15) is 0 Å². The fourth-order valence-electron chi connectivity index (χ4n) is 2.45.